The molecule has 0 aliphatic carbocycles. The number of carbonyl (C=O) groups is 1. The third kappa shape index (κ3) is 10.5. The van der Waals surface area contributed by atoms with Crippen LogP contribution in [0, 0.1) is 0 Å². The summed E-state index contributed by atoms with van der Waals surface area (Å²) in [6, 6.07) is 0. The number of hydrogen-bond acceptors (Lipinski definition) is 4. The molecule has 2 unspecified atom stereocenters. The Labute approximate surface area is 111 Å². The molecule has 2 atom stereocenters. The van der Waals surface area contributed by atoms with Crippen molar-refractivity contribution in [3.05, 3.63) is 0 Å². The summed E-state index contributed by atoms with van der Waals surface area (Å²) in [4.78, 5) is 11.2. The second-order valence-electron chi connectivity index (χ2n) is 5.63. The van der Waals surface area contributed by atoms with Gasteiger partial charge in [-0.3, -0.25) is 4.79 Å². The average molecular weight is 260 g/mol. The molecule has 0 saturated carbocycles. The lowest BCUT2D eigenvalue weighted by Gasteiger charge is -2.25. The number of carbonyl (C=O) groups excluding carboxylic acids is 1. The minimum absolute atomic E-state index is 0.0311. The third-order valence-electron chi connectivity index (χ3n) is 2.05. The van der Waals surface area contributed by atoms with Crippen molar-refractivity contribution in [3.63, 3.8) is 0 Å². The summed E-state index contributed by atoms with van der Waals surface area (Å²) in [5.74, 6) is -0.160. The van der Waals surface area contributed by atoms with E-state index in [4.69, 9.17) is 14.2 Å². The Kier molecular flexibility index (Phi) is 8.20. The maximum atomic E-state index is 11.2. The quantitative estimate of drug-likeness (QED) is 0.629. The van der Waals surface area contributed by atoms with Gasteiger partial charge in [0.1, 0.15) is 6.10 Å². The fourth-order valence-electron chi connectivity index (χ4n) is 1.56. The van der Waals surface area contributed by atoms with Crippen LogP contribution in [-0.4, -0.2) is 37.0 Å². The van der Waals surface area contributed by atoms with Gasteiger partial charge in [-0.1, -0.05) is 6.92 Å². The number of hydrogen-bond donors (Lipinski definition) is 0. The Hall–Kier alpha value is -0.610. The van der Waals surface area contributed by atoms with Crippen LogP contribution < -0.4 is 0 Å². The Morgan fingerprint density at radius 2 is 1.67 bits per heavy atom. The smallest absolute Gasteiger partial charge is 0.306 e. The largest absolute Gasteiger partial charge is 0.460 e. The molecule has 0 aliphatic heterocycles. The second-order valence-corrected chi connectivity index (χ2v) is 5.63. The topological polar surface area (TPSA) is 44.8 Å². The number of rotatable bonds is 8. The van der Waals surface area contributed by atoms with Crippen LogP contribution in [0.2, 0.25) is 0 Å². The minimum Gasteiger partial charge on any atom is -0.460 e. The molecule has 0 radical (unpaired) electrons. The van der Waals surface area contributed by atoms with Crippen molar-refractivity contribution in [2.24, 2.45) is 0 Å². The Morgan fingerprint density at radius 3 is 2.17 bits per heavy atom. The van der Waals surface area contributed by atoms with Crippen molar-refractivity contribution in [1.29, 1.82) is 0 Å². The van der Waals surface area contributed by atoms with Crippen LogP contribution in [0.25, 0.3) is 0 Å². The monoisotopic (exact) mass is 260 g/mol. The summed E-state index contributed by atoms with van der Waals surface area (Å²) in [7, 11) is 0. The van der Waals surface area contributed by atoms with Crippen molar-refractivity contribution in [2.45, 2.75) is 72.2 Å². The van der Waals surface area contributed by atoms with Crippen LogP contribution in [0.5, 0.6) is 0 Å². The normalized spacial score (nSPS) is 15.2. The lowest BCUT2D eigenvalue weighted by Crippen LogP contribution is -2.30. The lowest BCUT2D eigenvalue weighted by atomic mass is 10.2. The predicted molar refractivity (Wildman–Crippen MR) is 71.6 cm³/mol. The molecular formula is C14H28O4. The van der Waals surface area contributed by atoms with Crippen molar-refractivity contribution < 1.29 is 19.0 Å². The van der Waals surface area contributed by atoms with Crippen LogP contribution in [0.4, 0.5) is 0 Å². The molecule has 18 heavy (non-hydrogen) atoms. The maximum absolute atomic E-state index is 11.2. The van der Waals surface area contributed by atoms with E-state index < -0.39 is 0 Å². The lowest BCUT2D eigenvalue weighted by molar-refractivity contribution is -0.152. The fourth-order valence-corrected chi connectivity index (χ4v) is 1.56. The highest BCUT2D eigenvalue weighted by molar-refractivity contribution is 5.69. The van der Waals surface area contributed by atoms with Crippen molar-refractivity contribution in [2.75, 3.05) is 13.2 Å². The Bertz CT molecular complexity index is 232. The van der Waals surface area contributed by atoms with Gasteiger partial charge >= 0.3 is 5.97 Å². The molecule has 0 bridgehead atoms. The van der Waals surface area contributed by atoms with E-state index in [-0.39, 0.29) is 23.8 Å². The van der Waals surface area contributed by atoms with E-state index in [2.05, 4.69) is 0 Å². The fraction of sp³-hybridized carbons (Fsp3) is 0.929. The van der Waals surface area contributed by atoms with E-state index >= 15 is 0 Å². The van der Waals surface area contributed by atoms with Crippen LogP contribution in [-0.2, 0) is 19.0 Å². The molecule has 0 fully saturated rings. The predicted octanol–water partition coefficient (Wildman–Crippen LogP) is 2.94. The zero-order valence-electron chi connectivity index (χ0n) is 12.6. The van der Waals surface area contributed by atoms with Gasteiger partial charge in [-0.05, 0) is 41.0 Å². The van der Waals surface area contributed by atoms with E-state index in [0.29, 0.717) is 19.6 Å². The first kappa shape index (κ1) is 17.4. The molecular weight excluding hydrogens is 232 g/mol. The van der Waals surface area contributed by atoms with Crippen molar-refractivity contribution in [3.8, 4) is 0 Å². The molecule has 0 aromatic carbocycles. The SMILES string of the molecule is CCCC(=O)OC(C)COCC(C)OC(C)(C)C. The Balaban J connectivity index is 3.67. The molecule has 0 rings (SSSR count). The molecule has 0 saturated heterocycles. The maximum Gasteiger partial charge on any atom is 0.306 e. The van der Waals surface area contributed by atoms with E-state index in [0.717, 1.165) is 6.42 Å². The second kappa shape index (κ2) is 8.48. The molecule has 4 nitrogen and oxygen atoms in total. The molecule has 0 aromatic heterocycles. The number of ether oxygens (including phenoxy) is 3. The highest BCUT2D eigenvalue weighted by Crippen LogP contribution is 2.10. The van der Waals surface area contributed by atoms with Gasteiger partial charge in [0, 0.05) is 6.42 Å². The average Bonchev–Trinajstić information content (AvgIpc) is 2.14. The summed E-state index contributed by atoms with van der Waals surface area (Å²) in [5.41, 5.74) is -0.165. The summed E-state index contributed by atoms with van der Waals surface area (Å²) < 4.78 is 16.4. The molecule has 0 N–H and O–H groups in total. The summed E-state index contributed by atoms with van der Waals surface area (Å²) in [6.45, 7) is 12.7. The van der Waals surface area contributed by atoms with E-state index in [9.17, 15) is 4.79 Å². The van der Waals surface area contributed by atoms with Crippen LogP contribution in [0.3, 0.4) is 0 Å². The summed E-state index contributed by atoms with van der Waals surface area (Å²) in [6.07, 6.45) is 1.10. The van der Waals surface area contributed by atoms with E-state index in [1.54, 1.807) is 0 Å². The molecule has 0 heterocycles. The van der Waals surface area contributed by atoms with Crippen LogP contribution in [0.15, 0.2) is 0 Å². The molecule has 0 aromatic rings. The molecule has 108 valence electrons. The Morgan fingerprint density at radius 1 is 1.11 bits per heavy atom. The molecule has 0 aliphatic rings. The van der Waals surface area contributed by atoms with Crippen LogP contribution >= 0.6 is 0 Å². The van der Waals surface area contributed by atoms with Gasteiger partial charge in [-0.15, -0.1) is 0 Å². The number of esters is 1. The van der Waals surface area contributed by atoms with Gasteiger partial charge in [0.2, 0.25) is 0 Å². The highest BCUT2D eigenvalue weighted by Gasteiger charge is 2.16. The first-order chi connectivity index (χ1) is 8.24. The summed E-state index contributed by atoms with van der Waals surface area (Å²) >= 11 is 0. The van der Waals surface area contributed by atoms with E-state index in [1.807, 2.05) is 41.5 Å². The van der Waals surface area contributed by atoms with Crippen molar-refractivity contribution >= 4 is 5.97 Å². The first-order valence-corrected chi connectivity index (χ1v) is 6.69. The molecule has 0 spiro atoms. The van der Waals surface area contributed by atoms with Gasteiger partial charge in [0.15, 0.2) is 0 Å². The third-order valence-corrected chi connectivity index (χ3v) is 2.05. The van der Waals surface area contributed by atoms with Gasteiger partial charge in [-0.2, -0.15) is 0 Å². The van der Waals surface area contributed by atoms with Gasteiger partial charge in [-0.25, -0.2) is 0 Å². The van der Waals surface area contributed by atoms with Crippen LogP contribution in [0.1, 0.15) is 54.4 Å². The van der Waals surface area contributed by atoms with Gasteiger partial charge in [0.05, 0.1) is 24.9 Å². The van der Waals surface area contributed by atoms with E-state index in [1.165, 1.54) is 0 Å². The van der Waals surface area contributed by atoms with Gasteiger partial charge in [0.25, 0.3) is 0 Å². The highest BCUT2D eigenvalue weighted by atomic mass is 16.6. The zero-order chi connectivity index (χ0) is 14.2. The zero-order valence-corrected chi connectivity index (χ0v) is 12.6. The van der Waals surface area contributed by atoms with Crippen molar-refractivity contribution in [1.82, 2.24) is 0 Å². The molecule has 0 amide bonds. The first-order valence-electron chi connectivity index (χ1n) is 6.69. The standard InChI is InChI=1S/C14H28O4/c1-7-8-13(15)17-11(2)9-16-10-12(3)18-14(4,5)6/h11-12H,7-10H2,1-6H3. The minimum atomic E-state index is -0.203. The molecule has 4 heteroatoms. The van der Waals surface area contributed by atoms with Gasteiger partial charge < -0.3 is 14.2 Å². The summed E-state index contributed by atoms with van der Waals surface area (Å²) in [5, 5.41) is 0.